The van der Waals surface area contributed by atoms with Gasteiger partial charge in [0.1, 0.15) is 6.04 Å². The zero-order chi connectivity index (χ0) is 15.6. The number of piperazine rings is 1. The van der Waals surface area contributed by atoms with E-state index in [1.807, 2.05) is 23.6 Å². The molecule has 2 aliphatic heterocycles. The molecule has 0 bridgehead atoms. The maximum Gasteiger partial charge on any atom is 0.321 e. The first kappa shape index (κ1) is 16.2. The second-order valence-electron chi connectivity index (χ2n) is 6.99. The Labute approximate surface area is 126 Å². The Balaban J connectivity index is 1.99. The van der Waals surface area contributed by atoms with Gasteiger partial charge in [0.2, 0.25) is 5.91 Å². The number of hydrogen-bond acceptors (Lipinski definition) is 4. The maximum atomic E-state index is 12.4. The van der Waals surface area contributed by atoms with Crippen molar-refractivity contribution in [1.29, 1.82) is 0 Å². The number of likely N-dealkylation sites (N-methyl/N-ethyl adjacent to an activating group) is 1. The van der Waals surface area contributed by atoms with Gasteiger partial charge in [-0.1, -0.05) is 13.8 Å². The lowest BCUT2D eigenvalue weighted by molar-refractivity contribution is -0.152. The lowest BCUT2D eigenvalue weighted by Gasteiger charge is -2.44. The van der Waals surface area contributed by atoms with Gasteiger partial charge in [-0.05, 0) is 31.8 Å². The molecule has 0 aromatic heterocycles. The highest BCUT2D eigenvalue weighted by atomic mass is 16.4. The predicted octanol–water partition coefficient (Wildman–Crippen LogP) is 0.336. The Morgan fingerprint density at radius 3 is 2.33 bits per heavy atom. The van der Waals surface area contributed by atoms with Crippen molar-refractivity contribution in [2.45, 2.75) is 32.7 Å². The van der Waals surface area contributed by atoms with E-state index in [9.17, 15) is 14.7 Å². The molecule has 2 heterocycles. The fourth-order valence-electron chi connectivity index (χ4n) is 3.49. The van der Waals surface area contributed by atoms with E-state index in [1.165, 1.54) is 0 Å². The molecule has 2 saturated heterocycles. The molecule has 1 unspecified atom stereocenters. The van der Waals surface area contributed by atoms with Crippen LogP contribution in [0.5, 0.6) is 0 Å². The summed E-state index contributed by atoms with van der Waals surface area (Å²) in [6.45, 7) is 8.15. The van der Waals surface area contributed by atoms with Gasteiger partial charge in [0.15, 0.2) is 0 Å². The summed E-state index contributed by atoms with van der Waals surface area (Å²) in [6, 6.07) is -0.567. The van der Waals surface area contributed by atoms with E-state index in [0.29, 0.717) is 6.54 Å². The van der Waals surface area contributed by atoms with Gasteiger partial charge in [-0.15, -0.1) is 0 Å². The Morgan fingerprint density at radius 2 is 1.76 bits per heavy atom. The smallest absolute Gasteiger partial charge is 0.321 e. The number of rotatable bonds is 3. The Morgan fingerprint density at radius 1 is 1.14 bits per heavy atom. The zero-order valence-corrected chi connectivity index (χ0v) is 13.3. The quantitative estimate of drug-likeness (QED) is 0.813. The van der Waals surface area contributed by atoms with Crippen molar-refractivity contribution in [1.82, 2.24) is 14.7 Å². The van der Waals surface area contributed by atoms with Crippen LogP contribution in [-0.2, 0) is 9.59 Å². The summed E-state index contributed by atoms with van der Waals surface area (Å²) in [5, 5.41) is 9.53. The first-order valence-electron chi connectivity index (χ1n) is 7.74. The summed E-state index contributed by atoms with van der Waals surface area (Å²) in [4.78, 5) is 30.0. The molecule has 2 fully saturated rings. The topological polar surface area (TPSA) is 64.1 Å². The number of nitrogens with zero attached hydrogens (tertiary/aromatic N) is 3. The van der Waals surface area contributed by atoms with Crippen LogP contribution >= 0.6 is 0 Å². The van der Waals surface area contributed by atoms with Crippen LogP contribution in [0.2, 0.25) is 0 Å². The number of carbonyl (C=O) groups excluding carboxylic acids is 1. The van der Waals surface area contributed by atoms with Crippen LogP contribution in [0.1, 0.15) is 26.7 Å². The highest BCUT2D eigenvalue weighted by molar-refractivity contribution is 5.80. The molecule has 2 aliphatic rings. The van der Waals surface area contributed by atoms with E-state index in [4.69, 9.17) is 0 Å². The fourth-order valence-corrected chi connectivity index (χ4v) is 3.49. The van der Waals surface area contributed by atoms with Crippen molar-refractivity contribution in [3.05, 3.63) is 0 Å². The molecule has 2 rings (SSSR count). The van der Waals surface area contributed by atoms with Crippen LogP contribution in [0.3, 0.4) is 0 Å². The van der Waals surface area contributed by atoms with E-state index in [-0.39, 0.29) is 17.9 Å². The summed E-state index contributed by atoms with van der Waals surface area (Å²) >= 11 is 0. The van der Waals surface area contributed by atoms with Gasteiger partial charge < -0.3 is 14.9 Å². The highest BCUT2D eigenvalue weighted by Crippen LogP contribution is 2.35. The number of amides is 1. The SMILES string of the molecule is CN1CCN(C(=O)CN2CCCC(C)(C)C2C(=O)O)CC1. The molecule has 1 atom stereocenters. The molecule has 0 saturated carbocycles. The van der Waals surface area contributed by atoms with Crippen LogP contribution in [0.25, 0.3) is 0 Å². The summed E-state index contributed by atoms with van der Waals surface area (Å²) < 4.78 is 0. The van der Waals surface area contributed by atoms with Crippen LogP contribution in [0, 0.1) is 5.41 Å². The van der Waals surface area contributed by atoms with Gasteiger partial charge in [0, 0.05) is 26.2 Å². The molecular formula is C15H27N3O3. The third-order valence-corrected chi connectivity index (χ3v) is 4.80. The van der Waals surface area contributed by atoms with Gasteiger partial charge in [0.05, 0.1) is 6.54 Å². The molecule has 0 radical (unpaired) electrons. The van der Waals surface area contributed by atoms with Crippen LogP contribution in [-0.4, -0.2) is 84.0 Å². The molecule has 1 amide bonds. The average molecular weight is 297 g/mol. The van der Waals surface area contributed by atoms with Crippen molar-refractivity contribution < 1.29 is 14.7 Å². The van der Waals surface area contributed by atoms with Crippen LogP contribution in [0.15, 0.2) is 0 Å². The fraction of sp³-hybridized carbons (Fsp3) is 0.867. The minimum Gasteiger partial charge on any atom is -0.480 e. The molecule has 0 aliphatic carbocycles. The van der Waals surface area contributed by atoms with Crippen molar-refractivity contribution in [2.24, 2.45) is 5.41 Å². The lowest BCUT2D eigenvalue weighted by Crippen LogP contribution is -2.58. The molecule has 0 aromatic carbocycles. The number of carboxylic acid groups (broad SMARTS) is 1. The average Bonchev–Trinajstić information content (AvgIpc) is 2.37. The molecule has 0 aromatic rings. The molecule has 6 heteroatoms. The third-order valence-electron chi connectivity index (χ3n) is 4.80. The first-order valence-corrected chi connectivity index (χ1v) is 7.74. The number of carboxylic acids is 1. The van der Waals surface area contributed by atoms with Gasteiger partial charge >= 0.3 is 5.97 Å². The van der Waals surface area contributed by atoms with Crippen LogP contribution < -0.4 is 0 Å². The molecule has 1 N–H and O–H groups in total. The monoisotopic (exact) mass is 297 g/mol. The number of hydrogen-bond donors (Lipinski definition) is 1. The molecule has 21 heavy (non-hydrogen) atoms. The molecule has 0 spiro atoms. The minimum atomic E-state index is -0.814. The highest BCUT2D eigenvalue weighted by Gasteiger charge is 2.43. The number of aliphatic carboxylic acids is 1. The normalized spacial score (nSPS) is 27.6. The van der Waals surface area contributed by atoms with E-state index in [2.05, 4.69) is 11.9 Å². The van der Waals surface area contributed by atoms with Crippen molar-refractivity contribution in [3.63, 3.8) is 0 Å². The Hall–Kier alpha value is -1.14. The van der Waals surface area contributed by atoms with Crippen molar-refractivity contribution in [2.75, 3.05) is 46.3 Å². The maximum absolute atomic E-state index is 12.4. The zero-order valence-electron chi connectivity index (χ0n) is 13.3. The second-order valence-corrected chi connectivity index (χ2v) is 6.99. The third kappa shape index (κ3) is 3.74. The van der Waals surface area contributed by atoms with E-state index < -0.39 is 12.0 Å². The minimum absolute atomic E-state index is 0.0621. The largest absolute Gasteiger partial charge is 0.480 e. The van der Waals surface area contributed by atoms with Gasteiger partial charge in [-0.25, -0.2) is 0 Å². The van der Waals surface area contributed by atoms with E-state index >= 15 is 0 Å². The predicted molar refractivity (Wildman–Crippen MR) is 80.1 cm³/mol. The first-order chi connectivity index (χ1) is 9.81. The second kappa shape index (κ2) is 6.32. The van der Waals surface area contributed by atoms with Gasteiger partial charge in [-0.2, -0.15) is 0 Å². The van der Waals surface area contributed by atoms with Crippen molar-refractivity contribution >= 4 is 11.9 Å². The van der Waals surface area contributed by atoms with Crippen molar-refractivity contribution in [3.8, 4) is 0 Å². The van der Waals surface area contributed by atoms with Crippen LogP contribution in [0.4, 0.5) is 0 Å². The Kier molecular flexibility index (Phi) is 4.88. The lowest BCUT2D eigenvalue weighted by atomic mass is 9.76. The van der Waals surface area contributed by atoms with Gasteiger partial charge in [-0.3, -0.25) is 14.5 Å². The standard InChI is InChI=1S/C15H27N3O3/c1-15(2)5-4-6-18(13(15)14(20)21)11-12(19)17-9-7-16(3)8-10-17/h13H,4-11H2,1-3H3,(H,20,21). The number of likely N-dealkylation sites (tertiary alicyclic amines) is 1. The van der Waals surface area contributed by atoms with Gasteiger partial charge in [0.25, 0.3) is 0 Å². The summed E-state index contributed by atoms with van der Waals surface area (Å²) in [5.41, 5.74) is -0.285. The Bertz CT molecular complexity index is 403. The number of carbonyl (C=O) groups is 2. The molecule has 120 valence electrons. The number of piperidine rings is 1. The summed E-state index contributed by atoms with van der Waals surface area (Å²) in [5.74, 6) is -0.752. The van der Waals surface area contributed by atoms with E-state index in [1.54, 1.807) is 0 Å². The summed E-state index contributed by atoms with van der Waals surface area (Å²) in [7, 11) is 2.05. The van der Waals surface area contributed by atoms with E-state index in [0.717, 1.165) is 39.0 Å². The summed E-state index contributed by atoms with van der Waals surface area (Å²) in [6.07, 6.45) is 1.84. The molecule has 6 nitrogen and oxygen atoms in total. The molecular weight excluding hydrogens is 270 g/mol.